The number of aliphatic imine (C=N–C) groups is 1. The van der Waals surface area contributed by atoms with Gasteiger partial charge in [-0.1, -0.05) is 24.3 Å². The molecule has 0 aliphatic carbocycles. The van der Waals surface area contributed by atoms with E-state index in [0.29, 0.717) is 5.92 Å². The van der Waals surface area contributed by atoms with Crippen LogP contribution in [0.3, 0.4) is 0 Å². The van der Waals surface area contributed by atoms with Gasteiger partial charge in [0, 0.05) is 39.7 Å². The summed E-state index contributed by atoms with van der Waals surface area (Å²) in [6.07, 6.45) is 2.18. The first kappa shape index (κ1) is 15.8. The molecule has 0 saturated carbocycles. The van der Waals surface area contributed by atoms with Crippen molar-refractivity contribution in [2.45, 2.75) is 19.8 Å². The molecule has 0 amide bonds. The molecule has 116 valence electrons. The number of guanidine groups is 1. The van der Waals surface area contributed by atoms with Gasteiger partial charge in [-0.25, -0.2) is 0 Å². The molecule has 1 fully saturated rings. The molecule has 0 aromatic heterocycles. The third kappa shape index (κ3) is 4.74. The number of hydrogen-bond acceptors (Lipinski definition) is 2. The van der Waals surface area contributed by atoms with Crippen LogP contribution in [0.4, 0.5) is 0 Å². The first-order valence-electron chi connectivity index (χ1n) is 7.74. The zero-order valence-corrected chi connectivity index (χ0v) is 13.4. The first-order chi connectivity index (χ1) is 10.2. The van der Waals surface area contributed by atoms with E-state index < -0.39 is 0 Å². The van der Waals surface area contributed by atoms with Crippen LogP contribution in [0.15, 0.2) is 29.3 Å². The zero-order chi connectivity index (χ0) is 15.1. The van der Waals surface area contributed by atoms with Crippen LogP contribution in [0.1, 0.15) is 17.5 Å². The number of rotatable bonds is 5. The summed E-state index contributed by atoms with van der Waals surface area (Å²) >= 11 is 0. The molecule has 1 atom stereocenters. The van der Waals surface area contributed by atoms with Gasteiger partial charge in [-0.3, -0.25) is 4.99 Å². The lowest BCUT2D eigenvalue weighted by molar-refractivity contribution is 0.181. The van der Waals surface area contributed by atoms with Gasteiger partial charge in [0.2, 0.25) is 0 Å². The molecule has 21 heavy (non-hydrogen) atoms. The molecule has 1 aliphatic heterocycles. The molecule has 1 aromatic carbocycles. The van der Waals surface area contributed by atoms with E-state index >= 15 is 0 Å². The van der Waals surface area contributed by atoms with Gasteiger partial charge in [-0.05, 0) is 30.9 Å². The number of ether oxygens (including phenoxy) is 1. The van der Waals surface area contributed by atoms with Crippen LogP contribution in [0.2, 0.25) is 0 Å². The maximum atomic E-state index is 5.44. The molecule has 4 heteroatoms. The number of benzene rings is 1. The maximum Gasteiger partial charge on any atom is 0.193 e. The second-order valence-electron chi connectivity index (χ2n) is 5.76. The van der Waals surface area contributed by atoms with Crippen LogP contribution < -0.4 is 5.32 Å². The lowest BCUT2D eigenvalue weighted by Gasteiger charge is -2.24. The van der Waals surface area contributed by atoms with Gasteiger partial charge in [-0.2, -0.15) is 0 Å². The monoisotopic (exact) mass is 289 g/mol. The minimum atomic E-state index is 0.630. The Bertz CT molecular complexity index is 467. The molecule has 1 saturated heterocycles. The van der Waals surface area contributed by atoms with Crippen molar-refractivity contribution in [3.63, 3.8) is 0 Å². The van der Waals surface area contributed by atoms with Crippen molar-refractivity contribution in [2.24, 2.45) is 10.9 Å². The van der Waals surface area contributed by atoms with Crippen molar-refractivity contribution in [3.8, 4) is 0 Å². The summed E-state index contributed by atoms with van der Waals surface area (Å²) in [5.41, 5.74) is 2.75. The Labute approximate surface area is 128 Å². The average Bonchev–Trinajstić information content (AvgIpc) is 2.98. The summed E-state index contributed by atoms with van der Waals surface area (Å²) in [6.45, 7) is 5.85. The molecule has 4 nitrogen and oxygen atoms in total. The van der Waals surface area contributed by atoms with Crippen molar-refractivity contribution >= 4 is 5.96 Å². The Morgan fingerprint density at radius 1 is 1.43 bits per heavy atom. The third-order valence-corrected chi connectivity index (χ3v) is 4.07. The van der Waals surface area contributed by atoms with E-state index in [4.69, 9.17) is 4.74 Å². The van der Waals surface area contributed by atoms with E-state index in [2.05, 4.69) is 53.4 Å². The van der Waals surface area contributed by atoms with Crippen LogP contribution in [0, 0.1) is 12.8 Å². The SMILES string of the molecule is CN=C(NCCc1ccccc1C)N(C)CC1CCOC1. The highest BCUT2D eigenvalue weighted by atomic mass is 16.5. The smallest absolute Gasteiger partial charge is 0.193 e. The average molecular weight is 289 g/mol. The van der Waals surface area contributed by atoms with Gasteiger partial charge < -0.3 is 15.0 Å². The quantitative estimate of drug-likeness (QED) is 0.666. The number of hydrogen-bond donors (Lipinski definition) is 1. The van der Waals surface area contributed by atoms with Gasteiger partial charge in [0.1, 0.15) is 0 Å². The molecule has 1 aliphatic rings. The molecular weight excluding hydrogens is 262 g/mol. The van der Waals surface area contributed by atoms with Crippen LogP contribution in [0.25, 0.3) is 0 Å². The minimum Gasteiger partial charge on any atom is -0.381 e. The van der Waals surface area contributed by atoms with E-state index in [1.54, 1.807) is 0 Å². The fraction of sp³-hybridized carbons (Fsp3) is 0.588. The third-order valence-electron chi connectivity index (χ3n) is 4.07. The Kier molecular flexibility index (Phi) is 6.05. The molecule has 1 aromatic rings. The second-order valence-corrected chi connectivity index (χ2v) is 5.76. The predicted octanol–water partition coefficient (Wildman–Crippen LogP) is 2.08. The van der Waals surface area contributed by atoms with Crippen LogP contribution in [0.5, 0.6) is 0 Å². The molecular formula is C17H27N3O. The molecule has 0 radical (unpaired) electrons. The van der Waals surface area contributed by atoms with Gasteiger partial charge >= 0.3 is 0 Å². The van der Waals surface area contributed by atoms with Crippen molar-refractivity contribution < 1.29 is 4.74 Å². The van der Waals surface area contributed by atoms with Gasteiger partial charge in [0.15, 0.2) is 5.96 Å². The summed E-state index contributed by atoms with van der Waals surface area (Å²) in [4.78, 5) is 6.58. The molecule has 1 heterocycles. The number of nitrogens with zero attached hydrogens (tertiary/aromatic N) is 2. The highest BCUT2D eigenvalue weighted by Gasteiger charge is 2.18. The van der Waals surface area contributed by atoms with Gasteiger partial charge in [0.05, 0.1) is 6.61 Å². The fourth-order valence-electron chi connectivity index (χ4n) is 2.79. The van der Waals surface area contributed by atoms with Crippen LogP contribution in [-0.4, -0.2) is 51.3 Å². The van der Waals surface area contributed by atoms with E-state index in [9.17, 15) is 0 Å². The number of nitrogens with one attached hydrogen (secondary N) is 1. The Balaban J connectivity index is 1.78. The standard InChI is InChI=1S/C17H27N3O/c1-14-6-4-5-7-16(14)8-10-19-17(18-2)20(3)12-15-9-11-21-13-15/h4-7,15H,8-13H2,1-3H3,(H,18,19). The van der Waals surface area contributed by atoms with Crippen molar-refractivity contribution in [3.05, 3.63) is 35.4 Å². The number of aryl methyl sites for hydroxylation is 1. The first-order valence-corrected chi connectivity index (χ1v) is 7.74. The molecule has 0 spiro atoms. The largest absolute Gasteiger partial charge is 0.381 e. The van der Waals surface area contributed by atoms with Crippen molar-refractivity contribution in [1.29, 1.82) is 0 Å². The highest BCUT2D eigenvalue weighted by molar-refractivity contribution is 5.79. The Morgan fingerprint density at radius 2 is 2.24 bits per heavy atom. The fourth-order valence-corrected chi connectivity index (χ4v) is 2.79. The van der Waals surface area contributed by atoms with Gasteiger partial charge in [-0.15, -0.1) is 0 Å². The molecule has 2 rings (SSSR count). The summed E-state index contributed by atoms with van der Waals surface area (Å²) < 4.78 is 5.44. The summed E-state index contributed by atoms with van der Waals surface area (Å²) in [5.74, 6) is 1.60. The van der Waals surface area contributed by atoms with E-state index in [0.717, 1.165) is 45.1 Å². The minimum absolute atomic E-state index is 0.630. The summed E-state index contributed by atoms with van der Waals surface area (Å²) in [5, 5.41) is 3.45. The lowest BCUT2D eigenvalue weighted by Crippen LogP contribution is -2.42. The summed E-state index contributed by atoms with van der Waals surface area (Å²) in [7, 11) is 3.94. The highest BCUT2D eigenvalue weighted by Crippen LogP contribution is 2.13. The molecule has 0 bridgehead atoms. The van der Waals surface area contributed by atoms with E-state index in [1.165, 1.54) is 11.1 Å². The zero-order valence-electron chi connectivity index (χ0n) is 13.4. The van der Waals surface area contributed by atoms with Gasteiger partial charge in [0.25, 0.3) is 0 Å². The van der Waals surface area contributed by atoms with Crippen molar-refractivity contribution in [1.82, 2.24) is 10.2 Å². The molecule has 1 N–H and O–H groups in total. The van der Waals surface area contributed by atoms with Crippen LogP contribution >= 0.6 is 0 Å². The topological polar surface area (TPSA) is 36.9 Å². The van der Waals surface area contributed by atoms with Crippen molar-refractivity contribution in [2.75, 3.05) is 40.4 Å². The predicted molar refractivity (Wildman–Crippen MR) is 87.8 cm³/mol. The van der Waals surface area contributed by atoms with E-state index in [1.807, 2.05) is 7.05 Å². The second kappa shape index (κ2) is 8.03. The normalized spacial score (nSPS) is 18.8. The maximum absolute atomic E-state index is 5.44. The summed E-state index contributed by atoms with van der Waals surface area (Å²) in [6, 6.07) is 8.54. The van der Waals surface area contributed by atoms with E-state index in [-0.39, 0.29) is 0 Å². The molecule has 1 unspecified atom stereocenters. The van der Waals surface area contributed by atoms with Crippen LogP contribution in [-0.2, 0) is 11.2 Å². The lowest BCUT2D eigenvalue weighted by atomic mass is 10.1. The Morgan fingerprint density at radius 3 is 2.90 bits per heavy atom. The Hall–Kier alpha value is -1.55.